The van der Waals surface area contributed by atoms with Gasteiger partial charge >= 0.3 is 0 Å². The van der Waals surface area contributed by atoms with Gasteiger partial charge in [0.2, 0.25) is 0 Å². The van der Waals surface area contributed by atoms with Crippen LogP contribution in [0.4, 0.5) is 0 Å². The zero-order chi connectivity index (χ0) is 13.7. The highest BCUT2D eigenvalue weighted by atomic mass is 16.5. The van der Waals surface area contributed by atoms with Gasteiger partial charge in [0.15, 0.2) is 0 Å². The molecule has 1 saturated heterocycles. The van der Waals surface area contributed by atoms with Crippen molar-refractivity contribution in [3.63, 3.8) is 0 Å². The quantitative estimate of drug-likeness (QED) is 0.763. The number of hydrogen-bond acceptors (Lipinski definition) is 3. The van der Waals surface area contributed by atoms with E-state index in [0.29, 0.717) is 6.61 Å². The minimum atomic E-state index is 0.218. The van der Waals surface area contributed by atoms with Crippen molar-refractivity contribution in [1.29, 1.82) is 0 Å². The van der Waals surface area contributed by atoms with Gasteiger partial charge in [-0.25, -0.2) is 0 Å². The Morgan fingerprint density at radius 2 is 2.05 bits per heavy atom. The van der Waals surface area contributed by atoms with Gasteiger partial charge < -0.3 is 9.53 Å². The Morgan fingerprint density at radius 1 is 1.32 bits per heavy atom. The van der Waals surface area contributed by atoms with E-state index in [1.807, 2.05) is 0 Å². The standard InChI is InChI=1S/C16H23NO2/c1-13-8-14(2)10-16(9-13)19-7-6-17-5-3-4-15(11-17)12-18/h8-10,12,15H,3-7,11H2,1-2H3. The summed E-state index contributed by atoms with van der Waals surface area (Å²) in [7, 11) is 0. The first-order valence-corrected chi connectivity index (χ1v) is 7.06. The van der Waals surface area contributed by atoms with Crippen LogP contribution in [-0.2, 0) is 4.79 Å². The molecule has 0 N–H and O–H groups in total. The molecule has 0 bridgehead atoms. The van der Waals surface area contributed by atoms with Crippen LogP contribution in [0, 0.1) is 19.8 Å². The summed E-state index contributed by atoms with van der Waals surface area (Å²) in [4.78, 5) is 13.1. The highest BCUT2D eigenvalue weighted by Crippen LogP contribution is 2.17. The van der Waals surface area contributed by atoms with Crippen LogP contribution >= 0.6 is 0 Å². The lowest BCUT2D eigenvalue weighted by Crippen LogP contribution is -2.38. The number of benzene rings is 1. The van der Waals surface area contributed by atoms with Crippen molar-refractivity contribution < 1.29 is 9.53 Å². The first-order chi connectivity index (χ1) is 9.17. The molecule has 1 unspecified atom stereocenters. The molecule has 0 amide bonds. The second kappa shape index (κ2) is 6.71. The zero-order valence-corrected chi connectivity index (χ0v) is 11.9. The van der Waals surface area contributed by atoms with E-state index in [0.717, 1.165) is 44.5 Å². The number of likely N-dealkylation sites (tertiary alicyclic amines) is 1. The minimum absolute atomic E-state index is 0.218. The number of aldehydes is 1. The number of rotatable bonds is 5. The van der Waals surface area contributed by atoms with E-state index in [1.54, 1.807) is 0 Å². The van der Waals surface area contributed by atoms with Gasteiger partial charge in [0, 0.05) is 19.0 Å². The maximum absolute atomic E-state index is 10.8. The van der Waals surface area contributed by atoms with Crippen molar-refractivity contribution in [1.82, 2.24) is 4.90 Å². The summed E-state index contributed by atoms with van der Waals surface area (Å²) < 4.78 is 5.81. The highest BCUT2D eigenvalue weighted by Gasteiger charge is 2.18. The number of ether oxygens (including phenoxy) is 1. The predicted octanol–water partition coefficient (Wildman–Crippen LogP) is 2.59. The molecule has 1 aliphatic heterocycles. The van der Waals surface area contributed by atoms with Crippen molar-refractivity contribution in [2.24, 2.45) is 5.92 Å². The van der Waals surface area contributed by atoms with Crippen LogP contribution in [0.15, 0.2) is 18.2 Å². The number of carbonyl (C=O) groups is 1. The van der Waals surface area contributed by atoms with Crippen molar-refractivity contribution in [2.75, 3.05) is 26.2 Å². The smallest absolute Gasteiger partial charge is 0.124 e. The molecule has 0 aliphatic carbocycles. The number of carbonyl (C=O) groups excluding carboxylic acids is 1. The van der Waals surface area contributed by atoms with Gasteiger partial charge in [0.25, 0.3) is 0 Å². The van der Waals surface area contributed by atoms with Crippen LogP contribution in [0.3, 0.4) is 0 Å². The third-order valence-corrected chi connectivity index (χ3v) is 3.61. The fourth-order valence-corrected chi connectivity index (χ4v) is 2.71. The van der Waals surface area contributed by atoms with Gasteiger partial charge in [-0.1, -0.05) is 6.07 Å². The van der Waals surface area contributed by atoms with E-state index in [2.05, 4.69) is 36.9 Å². The Bertz CT molecular complexity index is 411. The van der Waals surface area contributed by atoms with Gasteiger partial charge in [-0.15, -0.1) is 0 Å². The maximum Gasteiger partial charge on any atom is 0.124 e. The fourth-order valence-electron chi connectivity index (χ4n) is 2.71. The second-order valence-electron chi connectivity index (χ2n) is 5.51. The van der Waals surface area contributed by atoms with Crippen molar-refractivity contribution in [3.05, 3.63) is 29.3 Å². The highest BCUT2D eigenvalue weighted by molar-refractivity contribution is 5.53. The number of piperidine rings is 1. The number of nitrogens with zero attached hydrogens (tertiary/aromatic N) is 1. The molecule has 1 heterocycles. The van der Waals surface area contributed by atoms with Crippen LogP contribution < -0.4 is 4.74 Å². The zero-order valence-electron chi connectivity index (χ0n) is 11.9. The van der Waals surface area contributed by atoms with Crippen LogP contribution in [0.2, 0.25) is 0 Å². The maximum atomic E-state index is 10.8. The lowest BCUT2D eigenvalue weighted by atomic mass is 10.00. The Morgan fingerprint density at radius 3 is 2.74 bits per heavy atom. The normalized spacial score (nSPS) is 20.2. The van der Waals surface area contributed by atoms with Gasteiger partial charge in [-0.3, -0.25) is 4.90 Å². The first-order valence-electron chi connectivity index (χ1n) is 7.06. The molecule has 1 aliphatic rings. The average Bonchev–Trinajstić information content (AvgIpc) is 2.38. The molecule has 19 heavy (non-hydrogen) atoms. The predicted molar refractivity (Wildman–Crippen MR) is 76.6 cm³/mol. The molecular weight excluding hydrogens is 238 g/mol. The van der Waals surface area contributed by atoms with E-state index in [9.17, 15) is 4.79 Å². The summed E-state index contributed by atoms with van der Waals surface area (Å²) in [5.74, 6) is 1.16. The van der Waals surface area contributed by atoms with Gasteiger partial charge in [0.05, 0.1) is 0 Å². The molecule has 1 aromatic carbocycles. The van der Waals surface area contributed by atoms with Crippen molar-refractivity contribution in [3.8, 4) is 5.75 Å². The average molecular weight is 261 g/mol. The SMILES string of the molecule is Cc1cc(C)cc(OCCN2CCCC(C=O)C2)c1. The summed E-state index contributed by atoms with van der Waals surface area (Å²) in [6, 6.07) is 6.28. The molecule has 3 nitrogen and oxygen atoms in total. The molecule has 0 spiro atoms. The summed E-state index contributed by atoms with van der Waals surface area (Å²) in [5, 5.41) is 0. The molecule has 104 valence electrons. The Labute approximate surface area is 115 Å². The molecular formula is C16H23NO2. The largest absolute Gasteiger partial charge is 0.492 e. The monoisotopic (exact) mass is 261 g/mol. The Kier molecular flexibility index (Phi) is 4.97. The molecule has 1 fully saturated rings. The van der Waals surface area contributed by atoms with Crippen LogP contribution in [0.5, 0.6) is 5.75 Å². The summed E-state index contributed by atoms with van der Waals surface area (Å²) in [6.07, 6.45) is 3.25. The Hall–Kier alpha value is -1.35. The molecule has 0 radical (unpaired) electrons. The minimum Gasteiger partial charge on any atom is -0.492 e. The Balaban J connectivity index is 1.78. The van der Waals surface area contributed by atoms with Gasteiger partial charge in [0.1, 0.15) is 18.6 Å². The molecule has 1 aromatic rings. The molecule has 2 rings (SSSR count). The molecule has 3 heteroatoms. The lowest BCUT2D eigenvalue weighted by Gasteiger charge is -2.29. The summed E-state index contributed by atoms with van der Waals surface area (Å²) in [6.45, 7) is 7.73. The van der Waals surface area contributed by atoms with E-state index < -0.39 is 0 Å². The van der Waals surface area contributed by atoms with Gasteiger partial charge in [-0.05, 0) is 56.5 Å². The van der Waals surface area contributed by atoms with Crippen molar-refractivity contribution >= 4 is 6.29 Å². The van der Waals surface area contributed by atoms with E-state index in [-0.39, 0.29) is 5.92 Å². The number of hydrogen-bond donors (Lipinski definition) is 0. The van der Waals surface area contributed by atoms with E-state index in [4.69, 9.17) is 4.74 Å². The van der Waals surface area contributed by atoms with Crippen LogP contribution in [-0.4, -0.2) is 37.4 Å². The van der Waals surface area contributed by atoms with E-state index >= 15 is 0 Å². The fraction of sp³-hybridized carbons (Fsp3) is 0.562. The van der Waals surface area contributed by atoms with E-state index in [1.165, 1.54) is 11.1 Å². The third kappa shape index (κ3) is 4.35. The lowest BCUT2D eigenvalue weighted by molar-refractivity contribution is -0.112. The summed E-state index contributed by atoms with van der Waals surface area (Å²) in [5.41, 5.74) is 2.46. The third-order valence-electron chi connectivity index (χ3n) is 3.61. The van der Waals surface area contributed by atoms with Crippen LogP contribution in [0.1, 0.15) is 24.0 Å². The van der Waals surface area contributed by atoms with Crippen molar-refractivity contribution in [2.45, 2.75) is 26.7 Å². The molecule has 0 saturated carbocycles. The molecule has 0 aromatic heterocycles. The number of aryl methyl sites for hydroxylation is 2. The first kappa shape index (κ1) is 14.1. The topological polar surface area (TPSA) is 29.5 Å². The molecule has 1 atom stereocenters. The second-order valence-corrected chi connectivity index (χ2v) is 5.51. The van der Waals surface area contributed by atoms with Gasteiger partial charge in [-0.2, -0.15) is 0 Å². The van der Waals surface area contributed by atoms with Crippen LogP contribution in [0.25, 0.3) is 0 Å². The summed E-state index contributed by atoms with van der Waals surface area (Å²) >= 11 is 0.